The fourth-order valence-electron chi connectivity index (χ4n) is 3.20. The number of likely N-dealkylation sites (tertiary alicyclic amines) is 1. The summed E-state index contributed by atoms with van der Waals surface area (Å²) in [5, 5.41) is 10.2. The molecule has 102 valence electrons. The number of aliphatic hydroxyl groups is 1. The molecule has 1 atom stereocenters. The zero-order valence-electron chi connectivity index (χ0n) is 11.4. The van der Waals surface area contributed by atoms with E-state index >= 15 is 0 Å². The number of β-amino-alcohol motifs (C(OH)–C–C–N with tert-alkyl or cyclic N) is 1. The number of amides is 1. The Bertz CT molecular complexity index is 477. The Morgan fingerprint density at radius 1 is 1.21 bits per heavy atom. The molecule has 3 rings (SSSR count). The first-order valence-electron chi connectivity index (χ1n) is 7.11. The molecule has 1 unspecified atom stereocenters. The SMILES string of the molecule is CC1(O)CCCN(C(=O)C2(c3ccccc3)CC2)C1. The fraction of sp³-hybridized carbons (Fsp3) is 0.562. The zero-order chi connectivity index (χ0) is 13.5. The largest absolute Gasteiger partial charge is 0.388 e. The number of carbonyl (C=O) groups is 1. The number of hydrogen-bond acceptors (Lipinski definition) is 2. The summed E-state index contributed by atoms with van der Waals surface area (Å²) in [6.07, 6.45) is 3.56. The Hall–Kier alpha value is -1.35. The van der Waals surface area contributed by atoms with Crippen molar-refractivity contribution in [2.75, 3.05) is 13.1 Å². The van der Waals surface area contributed by atoms with Gasteiger partial charge in [0.05, 0.1) is 11.0 Å². The van der Waals surface area contributed by atoms with Gasteiger partial charge in [0.25, 0.3) is 0 Å². The highest BCUT2D eigenvalue weighted by molar-refractivity contribution is 5.91. The van der Waals surface area contributed by atoms with Crippen molar-refractivity contribution in [1.82, 2.24) is 4.90 Å². The van der Waals surface area contributed by atoms with Crippen molar-refractivity contribution in [2.24, 2.45) is 0 Å². The first-order chi connectivity index (χ1) is 9.04. The van der Waals surface area contributed by atoms with E-state index in [0.717, 1.165) is 37.8 Å². The van der Waals surface area contributed by atoms with Crippen LogP contribution in [0.3, 0.4) is 0 Å². The quantitative estimate of drug-likeness (QED) is 0.883. The van der Waals surface area contributed by atoms with Gasteiger partial charge in [-0.2, -0.15) is 0 Å². The summed E-state index contributed by atoms with van der Waals surface area (Å²) in [5.74, 6) is 0.207. The lowest BCUT2D eigenvalue weighted by Gasteiger charge is -2.38. The van der Waals surface area contributed by atoms with Gasteiger partial charge < -0.3 is 10.0 Å². The Kier molecular flexibility index (Phi) is 2.90. The lowest BCUT2D eigenvalue weighted by Crippen LogP contribution is -2.51. The van der Waals surface area contributed by atoms with Crippen LogP contribution < -0.4 is 0 Å². The number of hydrogen-bond donors (Lipinski definition) is 1. The van der Waals surface area contributed by atoms with E-state index in [1.807, 2.05) is 42.2 Å². The minimum Gasteiger partial charge on any atom is -0.388 e. The van der Waals surface area contributed by atoms with E-state index in [0.29, 0.717) is 6.54 Å². The summed E-state index contributed by atoms with van der Waals surface area (Å²) in [6.45, 7) is 3.08. The Morgan fingerprint density at radius 3 is 2.47 bits per heavy atom. The predicted octanol–water partition coefficient (Wildman–Crippen LogP) is 2.09. The molecule has 3 nitrogen and oxygen atoms in total. The number of rotatable bonds is 2. The lowest BCUT2D eigenvalue weighted by atomic mass is 9.90. The van der Waals surface area contributed by atoms with Gasteiger partial charge in [0.2, 0.25) is 5.91 Å². The number of benzene rings is 1. The predicted molar refractivity (Wildman–Crippen MR) is 73.8 cm³/mol. The standard InChI is InChI=1S/C16H21NO2/c1-15(19)8-5-11-17(12-15)14(18)16(9-10-16)13-6-3-2-4-7-13/h2-4,6-7,19H,5,8-12H2,1H3. The van der Waals surface area contributed by atoms with Gasteiger partial charge >= 0.3 is 0 Å². The van der Waals surface area contributed by atoms with Crippen LogP contribution in [0.25, 0.3) is 0 Å². The van der Waals surface area contributed by atoms with Gasteiger partial charge in [-0.15, -0.1) is 0 Å². The average molecular weight is 259 g/mol. The van der Waals surface area contributed by atoms with Crippen LogP contribution in [-0.2, 0) is 10.2 Å². The van der Waals surface area contributed by atoms with Gasteiger partial charge in [0, 0.05) is 13.1 Å². The molecular weight excluding hydrogens is 238 g/mol. The molecule has 1 saturated carbocycles. The third kappa shape index (κ3) is 2.27. The highest BCUT2D eigenvalue weighted by Crippen LogP contribution is 2.50. The second-order valence-electron chi connectivity index (χ2n) is 6.28. The summed E-state index contributed by atoms with van der Waals surface area (Å²) in [4.78, 5) is 14.6. The molecule has 1 aromatic carbocycles. The maximum Gasteiger partial charge on any atom is 0.233 e. The van der Waals surface area contributed by atoms with E-state index in [1.165, 1.54) is 0 Å². The Balaban J connectivity index is 1.81. The van der Waals surface area contributed by atoms with Crippen LogP contribution in [0.15, 0.2) is 30.3 Å². The third-order valence-corrected chi connectivity index (χ3v) is 4.45. The van der Waals surface area contributed by atoms with Crippen molar-refractivity contribution in [2.45, 2.75) is 43.6 Å². The van der Waals surface area contributed by atoms with Gasteiger partial charge in [-0.25, -0.2) is 0 Å². The van der Waals surface area contributed by atoms with Crippen LogP contribution in [0.1, 0.15) is 38.2 Å². The van der Waals surface area contributed by atoms with Crippen LogP contribution in [0, 0.1) is 0 Å². The summed E-state index contributed by atoms with van der Waals surface area (Å²) in [5.41, 5.74) is 0.111. The average Bonchev–Trinajstić information content (AvgIpc) is 3.19. The molecule has 0 aromatic heterocycles. The first kappa shape index (κ1) is 12.7. The molecule has 1 aromatic rings. The molecule has 0 spiro atoms. The molecule has 1 amide bonds. The molecule has 1 aliphatic heterocycles. The molecule has 2 fully saturated rings. The molecular formula is C16H21NO2. The van der Waals surface area contributed by atoms with E-state index in [4.69, 9.17) is 0 Å². The molecule has 1 heterocycles. The second-order valence-corrected chi connectivity index (χ2v) is 6.28. The smallest absolute Gasteiger partial charge is 0.233 e. The zero-order valence-corrected chi connectivity index (χ0v) is 11.4. The maximum atomic E-state index is 12.8. The minimum atomic E-state index is -0.722. The van der Waals surface area contributed by atoms with Gasteiger partial charge in [0.15, 0.2) is 0 Å². The third-order valence-electron chi connectivity index (χ3n) is 4.45. The van der Waals surface area contributed by atoms with E-state index in [1.54, 1.807) is 0 Å². The first-order valence-corrected chi connectivity index (χ1v) is 7.11. The van der Waals surface area contributed by atoms with Crippen LogP contribution in [-0.4, -0.2) is 34.6 Å². The fourth-order valence-corrected chi connectivity index (χ4v) is 3.20. The minimum absolute atomic E-state index is 0.207. The van der Waals surface area contributed by atoms with Crippen LogP contribution in [0.4, 0.5) is 0 Å². The van der Waals surface area contributed by atoms with Crippen LogP contribution >= 0.6 is 0 Å². The van der Waals surface area contributed by atoms with Gasteiger partial charge in [-0.3, -0.25) is 4.79 Å². The Morgan fingerprint density at radius 2 is 1.89 bits per heavy atom. The molecule has 2 aliphatic rings. The topological polar surface area (TPSA) is 40.5 Å². The molecule has 0 bridgehead atoms. The molecule has 1 N–H and O–H groups in total. The van der Waals surface area contributed by atoms with Crippen molar-refractivity contribution < 1.29 is 9.90 Å². The molecule has 3 heteroatoms. The molecule has 1 aliphatic carbocycles. The highest BCUT2D eigenvalue weighted by Gasteiger charge is 2.53. The van der Waals surface area contributed by atoms with Crippen LogP contribution in [0.5, 0.6) is 0 Å². The number of nitrogens with zero attached hydrogens (tertiary/aromatic N) is 1. The van der Waals surface area contributed by atoms with Crippen molar-refractivity contribution >= 4 is 5.91 Å². The lowest BCUT2D eigenvalue weighted by molar-refractivity contribution is -0.140. The monoisotopic (exact) mass is 259 g/mol. The van der Waals surface area contributed by atoms with Crippen molar-refractivity contribution in [3.8, 4) is 0 Å². The van der Waals surface area contributed by atoms with E-state index in [-0.39, 0.29) is 11.3 Å². The normalized spacial score (nSPS) is 29.1. The van der Waals surface area contributed by atoms with Gasteiger partial charge in [0.1, 0.15) is 0 Å². The van der Waals surface area contributed by atoms with E-state index in [2.05, 4.69) is 0 Å². The summed E-state index contributed by atoms with van der Waals surface area (Å²) >= 11 is 0. The number of carbonyl (C=O) groups excluding carboxylic acids is 1. The van der Waals surface area contributed by atoms with Crippen molar-refractivity contribution in [1.29, 1.82) is 0 Å². The Labute approximate surface area is 114 Å². The molecule has 1 saturated heterocycles. The van der Waals surface area contributed by atoms with Gasteiger partial charge in [-0.1, -0.05) is 30.3 Å². The summed E-state index contributed by atoms with van der Waals surface area (Å²) < 4.78 is 0. The number of piperidine rings is 1. The molecule has 0 radical (unpaired) electrons. The van der Waals surface area contributed by atoms with E-state index in [9.17, 15) is 9.90 Å². The molecule has 19 heavy (non-hydrogen) atoms. The maximum absolute atomic E-state index is 12.8. The van der Waals surface area contributed by atoms with E-state index < -0.39 is 5.60 Å². The second kappa shape index (κ2) is 4.34. The van der Waals surface area contributed by atoms with Crippen molar-refractivity contribution in [3.63, 3.8) is 0 Å². The van der Waals surface area contributed by atoms with Gasteiger partial charge in [-0.05, 0) is 38.2 Å². The van der Waals surface area contributed by atoms with Crippen molar-refractivity contribution in [3.05, 3.63) is 35.9 Å². The van der Waals surface area contributed by atoms with Crippen LogP contribution in [0.2, 0.25) is 0 Å². The summed E-state index contributed by atoms with van der Waals surface area (Å²) in [7, 11) is 0. The highest BCUT2D eigenvalue weighted by atomic mass is 16.3. The summed E-state index contributed by atoms with van der Waals surface area (Å²) in [6, 6.07) is 10.1.